The maximum atomic E-state index is 6.31. The Balaban J connectivity index is 2.25. The lowest BCUT2D eigenvalue weighted by atomic mass is 9.61. The molecule has 106 valence electrons. The average molecular weight is 252 g/mol. The summed E-state index contributed by atoms with van der Waals surface area (Å²) in [5.74, 6) is 0.952. The van der Waals surface area contributed by atoms with Crippen LogP contribution in [0.1, 0.15) is 66.2 Å². The third-order valence-electron chi connectivity index (χ3n) is 5.56. The van der Waals surface area contributed by atoms with Gasteiger partial charge in [-0.1, -0.05) is 26.7 Å². The molecule has 0 bridgehead atoms. The van der Waals surface area contributed by atoms with E-state index >= 15 is 0 Å². The van der Waals surface area contributed by atoms with Crippen molar-refractivity contribution in [2.45, 2.75) is 77.8 Å². The minimum atomic E-state index is 0.238. The minimum absolute atomic E-state index is 0.238. The van der Waals surface area contributed by atoms with E-state index in [0.29, 0.717) is 11.5 Å². The van der Waals surface area contributed by atoms with Crippen LogP contribution in [0.5, 0.6) is 0 Å². The van der Waals surface area contributed by atoms with Crippen LogP contribution in [0.25, 0.3) is 0 Å². The fourth-order valence-electron chi connectivity index (χ4n) is 4.04. The standard InChI is InChI=1S/C16H32N2/c1-13(2)18(11-14-7-8-14)16(12-17)10-6-5-9-15(16,3)4/h13-14H,5-12,17H2,1-4H3. The Labute approximate surface area is 113 Å². The molecule has 0 radical (unpaired) electrons. The Kier molecular flexibility index (Phi) is 4.08. The topological polar surface area (TPSA) is 29.3 Å². The van der Waals surface area contributed by atoms with E-state index in [1.807, 2.05) is 0 Å². The lowest BCUT2D eigenvalue weighted by Crippen LogP contribution is -2.65. The third-order valence-corrected chi connectivity index (χ3v) is 5.56. The van der Waals surface area contributed by atoms with Crippen LogP contribution in [0, 0.1) is 11.3 Å². The Morgan fingerprint density at radius 2 is 1.78 bits per heavy atom. The van der Waals surface area contributed by atoms with Crippen LogP contribution >= 0.6 is 0 Å². The second-order valence-electron chi connectivity index (χ2n) is 7.52. The van der Waals surface area contributed by atoms with Crippen LogP contribution < -0.4 is 5.73 Å². The van der Waals surface area contributed by atoms with Crippen molar-refractivity contribution >= 4 is 0 Å². The van der Waals surface area contributed by atoms with E-state index in [-0.39, 0.29) is 5.54 Å². The van der Waals surface area contributed by atoms with Crippen LogP contribution in [-0.4, -0.2) is 29.6 Å². The van der Waals surface area contributed by atoms with E-state index in [1.54, 1.807) is 0 Å². The smallest absolute Gasteiger partial charge is 0.0385 e. The molecule has 2 heteroatoms. The second-order valence-corrected chi connectivity index (χ2v) is 7.52. The fraction of sp³-hybridized carbons (Fsp3) is 1.00. The molecule has 0 aromatic carbocycles. The monoisotopic (exact) mass is 252 g/mol. The van der Waals surface area contributed by atoms with Gasteiger partial charge in [-0.25, -0.2) is 0 Å². The molecule has 18 heavy (non-hydrogen) atoms. The van der Waals surface area contributed by atoms with E-state index in [9.17, 15) is 0 Å². The SMILES string of the molecule is CC(C)N(CC1CC1)C1(CN)CCCCC1(C)C. The zero-order valence-electron chi connectivity index (χ0n) is 12.8. The highest BCUT2D eigenvalue weighted by molar-refractivity contribution is 5.06. The molecule has 0 aromatic rings. The largest absolute Gasteiger partial charge is 0.329 e. The van der Waals surface area contributed by atoms with Gasteiger partial charge < -0.3 is 5.73 Å². The van der Waals surface area contributed by atoms with Crippen molar-refractivity contribution < 1.29 is 0 Å². The lowest BCUT2D eigenvalue weighted by Gasteiger charge is -2.57. The number of nitrogens with zero attached hydrogens (tertiary/aromatic N) is 1. The van der Waals surface area contributed by atoms with Gasteiger partial charge >= 0.3 is 0 Å². The fourth-order valence-corrected chi connectivity index (χ4v) is 4.04. The first-order valence-electron chi connectivity index (χ1n) is 7.90. The Morgan fingerprint density at radius 1 is 1.17 bits per heavy atom. The average Bonchev–Trinajstić information content (AvgIpc) is 3.10. The summed E-state index contributed by atoms with van der Waals surface area (Å²) in [7, 11) is 0. The molecule has 2 nitrogen and oxygen atoms in total. The van der Waals surface area contributed by atoms with Gasteiger partial charge in [-0.3, -0.25) is 4.90 Å². The molecule has 0 heterocycles. The molecule has 1 unspecified atom stereocenters. The van der Waals surface area contributed by atoms with E-state index in [2.05, 4.69) is 32.6 Å². The van der Waals surface area contributed by atoms with Gasteiger partial charge in [-0.2, -0.15) is 0 Å². The van der Waals surface area contributed by atoms with Crippen LogP contribution in [0.2, 0.25) is 0 Å². The Morgan fingerprint density at radius 3 is 2.22 bits per heavy atom. The molecule has 2 fully saturated rings. The summed E-state index contributed by atoms with van der Waals surface area (Å²) < 4.78 is 0. The molecule has 0 aliphatic heterocycles. The molecule has 2 saturated carbocycles. The predicted octanol–water partition coefficient (Wildman–Crippen LogP) is 3.40. The van der Waals surface area contributed by atoms with Crippen LogP contribution in [-0.2, 0) is 0 Å². The number of hydrogen-bond donors (Lipinski definition) is 1. The molecular formula is C16H32N2. The molecular weight excluding hydrogens is 220 g/mol. The number of rotatable bonds is 5. The first kappa shape index (κ1) is 14.3. The zero-order chi connectivity index (χ0) is 13.4. The van der Waals surface area contributed by atoms with Gasteiger partial charge in [0.25, 0.3) is 0 Å². The highest BCUT2D eigenvalue weighted by Crippen LogP contribution is 2.49. The van der Waals surface area contributed by atoms with Crippen molar-refractivity contribution in [3.63, 3.8) is 0 Å². The Bertz CT molecular complexity index is 281. The third kappa shape index (κ3) is 2.46. The lowest BCUT2D eigenvalue weighted by molar-refractivity contribution is -0.0633. The van der Waals surface area contributed by atoms with Crippen LogP contribution in [0.3, 0.4) is 0 Å². The molecule has 0 amide bonds. The molecule has 0 spiro atoms. The van der Waals surface area contributed by atoms with Gasteiger partial charge in [0.15, 0.2) is 0 Å². The summed E-state index contributed by atoms with van der Waals surface area (Å²) in [5, 5.41) is 0. The van der Waals surface area contributed by atoms with Crippen molar-refractivity contribution in [1.29, 1.82) is 0 Å². The summed E-state index contributed by atoms with van der Waals surface area (Å²) in [4.78, 5) is 2.77. The Hall–Kier alpha value is -0.0800. The normalized spacial score (nSPS) is 32.2. The molecule has 2 rings (SSSR count). The van der Waals surface area contributed by atoms with Crippen molar-refractivity contribution in [3.8, 4) is 0 Å². The van der Waals surface area contributed by atoms with E-state index in [1.165, 1.54) is 45.1 Å². The van der Waals surface area contributed by atoms with Gasteiger partial charge in [0.2, 0.25) is 0 Å². The molecule has 2 N–H and O–H groups in total. The van der Waals surface area contributed by atoms with E-state index in [4.69, 9.17) is 5.73 Å². The van der Waals surface area contributed by atoms with Crippen molar-refractivity contribution in [3.05, 3.63) is 0 Å². The molecule has 0 saturated heterocycles. The van der Waals surface area contributed by atoms with Gasteiger partial charge in [-0.05, 0) is 50.9 Å². The quantitative estimate of drug-likeness (QED) is 0.812. The highest BCUT2D eigenvalue weighted by Gasteiger charge is 2.50. The second kappa shape index (κ2) is 5.13. The summed E-state index contributed by atoms with van der Waals surface area (Å²) in [6.07, 6.45) is 8.23. The van der Waals surface area contributed by atoms with Gasteiger partial charge in [0.1, 0.15) is 0 Å². The van der Waals surface area contributed by atoms with Crippen LogP contribution in [0.15, 0.2) is 0 Å². The maximum Gasteiger partial charge on any atom is 0.0385 e. The molecule has 0 aromatic heterocycles. The predicted molar refractivity (Wildman–Crippen MR) is 78.6 cm³/mol. The molecule has 1 atom stereocenters. The summed E-state index contributed by atoms with van der Waals surface area (Å²) >= 11 is 0. The maximum absolute atomic E-state index is 6.31. The highest BCUT2D eigenvalue weighted by atomic mass is 15.2. The zero-order valence-corrected chi connectivity index (χ0v) is 12.8. The van der Waals surface area contributed by atoms with Gasteiger partial charge in [-0.15, -0.1) is 0 Å². The summed E-state index contributed by atoms with van der Waals surface area (Å²) in [6, 6.07) is 0.617. The van der Waals surface area contributed by atoms with Crippen molar-refractivity contribution in [2.24, 2.45) is 17.1 Å². The van der Waals surface area contributed by atoms with E-state index < -0.39 is 0 Å². The first-order valence-corrected chi connectivity index (χ1v) is 7.90. The summed E-state index contributed by atoms with van der Waals surface area (Å²) in [5.41, 5.74) is 6.91. The molecule has 2 aliphatic carbocycles. The number of nitrogens with two attached hydrogens (primary N) is 1. The van der Waals surface area contributed by atoms with Gasteiger partial charge in [0, 0.05) is 24.7 Å². The van der Waals surface area contributed by atoms with Crippen molar-refractivity contribution in [2.75, 3.05) is 13.1 Å². The minimum Gasteiger partial charge on any atom is -0.329 e. The van der Waals surface area contributed by atoms with Crippen LogP contribution in [0.4, 0.5) is 0 Å². The summed E-state index contributed by atoms with van der Waals surface area (Å²) in [6.45, 7) is 11.7. The first-order chi connectivity index (χ1) is 8.43. The number of hydrogen-bond acceptors (Lipinski definition) is 2. The molecule has 2 aliphatic rings. The van der Waals surface area contributed by atoms with Gasteiger partial charge in [0.05, 0.1) is 0 Å². The van der Waals surface area contributed by atoms with E-state index in [0.717, 1.165) is 12.5 Å². The van der Waals surface area contributed by atoms with Crippen molar-refractivity contribution in [1.82, 2.24) is 4.90 Å².